The molecule has 0 fully saturated rings. The van der Waals surface area contributed by atoms with Crippen LogP contribution in [0.4, 0.5) is 0 Å². The van der Waals surface area contributed by atoms with E-state index in [1.54, 1.807) is 4.68 Å². The fraction of sp³-hybridized carbons (Fsp3) is 0.200. The topological polar surface area (TPSA) is 47.2 Å². The van der Waals surface area contributed by atoms with Crippen LogP contribution in [0.25, 0.3) is 10.9 Å². The first-order valence-electron chi connectivity index (χ1n) is 4.37. The van der Waals surface area contributed by atoms with Crippen molar-refractivity contribution >= 4 is 32.9 Å². The Labute approximate surface area is 94.7 Å². The highest BCUT2D eigenvalue weighted by Crippen LogP contribution is 2.26. The Kier molecular flexibility index (Phi) is 2.66. The molecular formula is C10H8BrN3O. The molecule has 0 saturated heterocycles. The van der Waals surface area contributed by atoms with Crippen LogP contribution in [0, 0.1) is 0 Å². The molecule has 1 heterocycles. The second-order valence-corrected chi connectivity index (χ2v) is 3.88. The molecule has 2 aromatic rings. The van der Waals surface area contributed by atoms with E-state index in [0.29, 0.717) is 6.54 Å². The molecular weight excluding hydrogens is 258 g/mol. The van der Waals surface area contributed by atoms with Crippen LogP contribution in [-0.4, -0.2) is 15.9 Å². The van der Waals surface area contributed by atoms with Gasteiger partial charge >= 0.3 is 0 Å². The molecule has 0 aliphatic heterocycles. The van der Waals surface area contributed by atoms with E-state index in [-0.39, 0.29) is 0 Å². The van der Waals surface area contributed by atoms with Gasteiger partial charge < -0.3 is 0 Å². The highest BCUT2D eigenvalue weighted by molar-refractivity contribution is 9.10. The lowest BCUT2D eigenvalue weighted by Gasteiger charge is -1.98. The first kappa shape index (κ1) is 10.1. The number of aryl methyl sites for hydroxylation is 1. The summed E-state index contributed by atoms with van der Waals surface area (Å²) in [5.74, 6) is 0. The van der Waals surface area contributed by atoms with E-state index in [2.05, 4.69) is 26.0 Å². The van der Waals surface area contributed by atoms with Crippen LogP contribution in [0.15, 0.2) is 27.8 Å². The normalized spacial score (nSPS) is 10.3. The maximum Gasteiger partial charge on any atom is 0.235 e. The van der Waals surface area contributed by atoms with Crippen molar-refractivity contribution in [3.8, 4) is 0 Å². The van der Waals surface area contributed by atoms with Crippen LogP contribution < -0.4 is 0 Å². The van der Waals surface area contributed by atoms with Crippen LogP contribution in [0.3, 0.4) is 0 Å². The van der Waals surface area contributed by atoms with Crippen molar-refractivity contribution in [3.05, 3.63) is 28.4 Å². The van der Waals surface area contributed by atoms with Crippen molar-refractivity contribution in [2.24, 2.45) is 12.0 Å². The lowest BCUT2D eigenvalue weighted by atomic mass is 10.1. The second kappa shape index (κ2) is 3.96. The molecule has 0 unspecified atom stereocenters. The SMILES string of the molecule is Cn1nc(Br)c2c(CN=C=O)cccc21. The smallest absolute Gasteiger partial charge is 0.235 e. The summed E-state index contributed by atoms with van der Waals surface area (Å²) in [4.78, 5) is 13.7. The Morgan fingerprint density at radius 1 is 1.60 bits per heavy atom. The van der Waals surface area contributed by atoms with E-state index in [0.717, 1.165) is 21.1 Å². The van der Waals surface area contributed by atoms with Crippen molar-refractivity contribution in [2.75, 3.05) is 0 Å². The number of carbonyl (C=O) groups excluding carboxylic acids is 1. The van der Waals surface area contributed by atoms with Crippen molar-refractivity contribution in [1.29, 1.82) is 0 Å². The quantitative estimate of drug-likeness (QED) is 0.617. The maximum atomic E-state index is 10.1. The fourth-order valence-electron chi connectivity index (χ4n) is 1.58. The van der Waals surface area contributed by atoms with Crippen LogP contribution in [0.5, 0.6) is 0 Å². The largest absolute Gasteiger partial charge is 0.267 e. The minimum Gasteiger partial charge on any atom is -0.267 e. The van der Waals surface area contributed by atoms with Gasteiger partial charge in [-0.1, -0.05) is 12.1 Å². The zero-order valence-electron chi connectivity index (χ0n) is 8.07. The van der Waals surface area contributed by atoms with Crippen LogP contribution in [-0.2, 0) is 18.4 Å². The molecule has 4 nitrogen and oxygen atoms in total. The number of hydrogen-bond donors (Lipinski definition) is 0. The van der Waals surface area contributed by atoms with Gasteiger partial charge in [0.25, 0.3) is 0 Å². The van der Waals surface area contributed by atoms with Gasteiger partial charge in [0.1, 0.15) is 4.60 Å². The van der Waals surface area contributed by atoms with Gasteiger partial charge in [0.2, 0.25) is 6.08 Å². The van der Waals surface area contributed by atoms with E-state index >= 15 is 0 Å². The summed E-state index contributed by atoms with van der Waals surface area (Å²) in [6.07, 6.45) is 1.54. The van der Waals surface area contributed by atoms with Crippen molar-refractivity contribution in [3.63, 3.8) is 0 Å². The minimum absolute atomic E-state index is 0.338. The average molecular weight is 266 g/mol. The molecule has 0 aliphatic rings. The predicted molar refractivity (Wildman–Crippen MR) is 60.2 cm³/mol. The minimum atomic E-state index is 0.338. The number of aromatic nitrogens is 2. The number of halogens is 1. The summed E-state index contributed by atoms with van der Waals surface area (Å²) in [5, 5.41) is 5.25. The summed E-state index contributed by atoms with van der Waals surface area (Å²) in [6.45, 7) is 0.338. The standard InChI is InChI=1S/C10H8BrN3O/c1-14-8-4-2-3-7(5-12-6-15)9(8)10(11)13-14/h2-4H,5H2,1H3. The predicted octanol–water partition coefficient (Wildman–Crippen LogP) is 2.17. The third-order valence-corrected chi connectivity index (χ3v) is 2.79. The van der Waals surface area contributed by atoms with Gasteiger partial charge in [-0.2, -0.15) is 5.10 Å². The zero-order chi connectivity index (χ0) is 10.8. The lowest BCUT2D eigenvalue weighted by molar-refractivity contribution is 0.563. The average Bonchev–Trinajstić information content (AvgIpc) is 2.53. The number of isocyanates is 1. The number of aliphatic imine (C=N–C) groups is 1. The first-order chi connectivity index (χ1) is 7.24. The van der Waals surface area contributed by atoms with E-state index in [4.69, 9.17) is 0 Å². The zero-order valence-corrected chi connectivity index (χ0v) is 9.65. The number of fused-ring (bicyclic) bond motifs is 1. The summed E-state index contributed by atoms with van der Waals surface area (Å²) in [5.41, 5.74) is 1.98. The van der Waals surface area contributed by atoms with Crippen LogP contribution in [0.2, 0.25) is 0 Å². The van der Waals surface area contributed by atoms with Gasteiger partial charge in [-0.15, -0.1) is 0 Å². The van der Waals surface area contributed by atoms with Gasteiger partial charge in [-0.25, -0.2) is 9.79 Å². The summed E-state index contributed by atoms with van der Waals surface area (Å²) >= 11 is 3.39. The molecule has 1 aromatic heterocycles. The molecule has 2 rings (SSSR count). The Hall–Kier alpha value is -1.45. The molecule has 0 amide bonds. The molecule has 0 bridgehead atoms. The van der Waals surface area contributed by atoms with E-state index in [1.807, 2.05) is 25.2 Å². The summed E-state index contributed by atoms with van der Waals surface area (Å²) in [7, 11) is 1.87. The Bertz CT molecular complexity index is 555. The lowest BCUT2D eigenvalue weighted by Crippen LogP contribution is -1.89. The number of nitrogens with zero attached hydrogens (tertiary/aromatic N) is 3. The second-order valence-electron chi connectivity index (χ2n) is 3.13. The van der Waals surface area contributed by atoms with Gasteiger partial charge in [-0.3, -0.25) is 4.68 Å². The van der Waals surface area contributed by atoms with E-state index in [9.17, 15) is 4.79 Å². The Morgan fingerprint density at radius 2 is 2.40 bits per heavy atom. The Morgan fingerprint density at radius 3 is 3.13 bits per heavy atom. The highest BCUT2D eigenvalue weighted by atomic mass is 79.9. The molecule has 5 heteroatoms. The fourth-order valence-corrected chi connectivity index (χ4v) is 2.27. The van der Waals surface area contributed by atoms with Gasteiger partial charge in [0.15, 0.2) is 0 Å². The van der Waals surface area contributed by atoms with Gasteiger partial charge in [0.05, 0.1) is 12.1 Å². The van der Waals surface area contributed by atoms with Crippen LogP contribution in [0.1, 0.15) is 5.56 Å². The third kappa shape index (κ3) is 1.71. The number of rotatable bonds is 2. The molecule has 1 aromatic carbocycles. The van der Waals surface area contributed by atoms with Crippen molar-refractivity contribution in [2.45, 2.75) is 6.54 Å². The van der Waals surface area contributed by atoms with E-state index in [1.165, 1.54) is 6.08 Å². The van der Waals surface area contributed by atoms with Gasteiger partial charge in [-0.05, 0) is 27.6 Å². The van der Waals surface area contributed by atoms with Crippen molar-refractivity contribution in [1.82, 2.24) is 9.78 Å². The molecule has 15 heavy (non-hydrogen) atoms. The molecule has 0 spiro atoms. The maximum absolute atomic E-state index is 10.1. The number of hydrogen-bond acceptors (Lipinski definition) is 3. The monoisotopic (exact) mass is 265 g/mol. The summed E-state index contributed by atoms with van der Waals surface area (Å²) < 4.78 is 2.56. The molecule has 0 aliphatic carbocycles. The highest BCUT2D eigenvalue weighted by Gasteiger charge is 2.09. The molecule has 0 saturated carbocycles. The van der Waals surface area contributed by atoms with E-state index < -0.39 is 0 Å². The third-order valence-electron chi connectivity index (χ3n) is 2.24. The molecule has 0 atom stereocenters. The molecule has 0 radical (unpaired) electrons. The molecule has 76 valence electrons. The number of benzene rings is 1. The first-order valence-corrected chi connectivity index (χ1v) is 5.17. The Balaban J connectivity index is 2.69. The van der Waals surface area contributed by atoms with Gasteiger partial charge in [0, 0.05) is 12.4 Å². The summed E-state index contributed by atoms with van der Waals surface area (Å²) in [6, 6.07) is 5.82. The van der Waals surface area contributed by atoms with Crippen LogP contribution >= 0.6 is 15.9 Å². The van der Waals surface area contributed by atoms with Crippen molar-refractivity contribution < 1.29 is 4.79 Å². The molecule has 0 N–H and O–H groups in total.